The van der Waals surface area contributed by atoms with Gasteiger partial charge in [0.2, 0.25) is 5.91 Å². The lowest BCUT2D eigenvalue weighted by Crippen LogP contribution is -2.25. The van der Waals surface area contributed by atoms with Crippen molar-refractivity contribution < 1.29 is 9.59 Å². The summed E-state index contributed by atoms with van der Waals surface area (Å²) in [4.78, 5) is 25.0. The predicted molar refractivity (Wildman–Crippen MR) is 133 cm³/mol. The highest BCUT2D eigenvalue weighted by Gasteiger charge is 2.17. The Morgan fingerprint density at radius 3 is 2.32 bits per heavy atom. The molecule has 0 aliphatic carbocycles. The summed E-state index contributed by atoms with van der Waals surface area (Å²) in [6.45, 7) is 2.62. The van der Waals surface area contributed by atoms with Gasteiger partial charge in [-0.2, -0.15) is 0 Å². The Morgan fingerprint density at radius 1 is 0.853 bits per heavy atom. The van der Waals surface area contributed by atoms with Crippen molar-refractivity contribution in [3.63, 3.8) is 0 Å². The van der Waals surface area contributed by atoms with Crippen LogP contribution in [0.15, 0.2) is 90.1 Å². The highest BCUT2D eigenvalue weighted by atomic mass is 32.2. The molecule has 0 spiro atoms. The minimum atomic E-state index is -0.180. The quantitative estimate of drug-likeness (QED) is 0.361. The van der Waals surface area contributed by atoms with Gasteiger partial charge in [0.25, 0.3) is 5.91 Å². The molecule has 2 N–H and O–H groups in total. The normalized spacial score (nSPS) is 10.6. The Bertz CT molecular complexity index is 1260. The van der Waals surface area contributed by atoms with Gasteiger partial charge >= 0.3 is 0 Å². The Labute approximate surface area is 202 Å². The van der Waals surface area contributed by atoms with Gasteiger partial charge < -0.3 is 10.6 Å². The van der Waals surface area contributed by atoms with Crippen LogP contribution in [0.1, 0.15) is 27.3 Å². The first kappa shape index (κ1) is 23.3. The van der Waals surface area contributed by atoms with Gasteiger partial charge in [0.05, 0.1) is 12.3 Å². The van der Waals surface area contributed by atoms with Gasteiger partial charge in [0.1, 0.15) is 0 Å². The number of hydrogen-bond acceptors (Lipinski definition) is 5. The molecule has 0 unspecified atom stereocenters. The van der Waals surface area contributed by atoms with E-state index in [1.54, 1.807) is 6.07 Å². The molecule has 8 heteroatoms. The van der Waals surface area contributed by atoms with E-state index in [-0.39, 0.29) is 24.1 Å². The second-order valence-electron chi connectivity index (χ2n) is 7.67. The minimum Gasteiger partial charge on any atom is -0.351 e. The summed E-state index contributed by atoms with van der Waals surface area (Å²) >= 11 is 1.30. The van der Waals surface area contributed by atoms with Crippen LogP contribution in [-0.2, 0) is 17.9 Å². The van der Waals surface area contributed by atoms with Crippen LogP contribution in [0.3, 0.4) is 0 Å². The number of benzene rings is 3. The first-order valence-electron chi connectivity index (χ1n) is 10.9. The minimum absolute atomic E-state index is 0.0919. The molecule has 0 fully saturated rings. The van der Waals surface area contributed by atoms with Crippen LogP contribution in [-0.4, -0.2) is 32.3 Å². The van der Waals surface area contributed by atoms with E-state index in [4.69, 9.17) is 0 Å². The fraction of sp³-hybridized carbons (Fsp3) is 0.154. The Hall–Kier alpha value is -3.91. The van der Waals surface area contributed by atoms with Crippen molar-refractivity contribution in [3.8, 4) is 5.69 Å². The van der Waals surface area contributed by atoms with E-state index < -0.39 is 0 Å². The van der Waals surface area contributed by atoms with Gasteiger partial charge in [-0.3, -0.25) is 14.2 Å². The molecule has 3 aromatic carbocycles. The maximum absolute atomic E-state index is 12.6. The van der Waals surface area contributed by atoms with Crippen molar-refractivity contribution in [1.29, 1.82) is 0 Å². The number of nitrogens with one attached hydrogen (secondary N) is 2. The van der Waals surface area contributed by atoms with Gasteiger partial charge in [-0.1, -0.05) is 78.0 Å². The number of nitrogens with zero attached hydrogens (tertiary/aromatic N) is 3. The van der Waals surface area contributed by atoms with E-state index in [0.29, 0.717) is 23.1 Å². The molecule has 172 valence electrons. The van der Waals surface area contributed by atoms with Crippen molar-refractivity contribution in [2.45, 2.75) is 25.2 Å². The van der Waals surface area contributed by atoms with Gasteiger partial charge in [-0.05, 0) is 36.8 Å². The van der Waals surface area contributed by atoms with E-state index >= 15 is 0 Å². The summed E-state index contributed by atoms with van der Waals surface area (Å²) in [5.74, 6) is 0.513. The summed E-state index contributed by atoms with van der Waals surface area (Å²) in [6, 6.07) is 26.8. The van der Waals surface area contributed by atoms with Gasteiger partial charge in [0.15, 0.2) is 11.0 Å². The van der Waals surface area contributed by atoms with Crippen LogP contribution < -0.4 is 10.6 Å². The van der Waals surface area contributed by atoms with Crippen LogP contribution in [0.25, 0.3) is 5.69 Å². The van der Waals surface area contributed by atoms with Crippen LogP contribution >= 0.6 is 11.8 Å². The smallest absolute Gasteiger partial charge is 0.251 e. The second kappa shape index (κ2) is 11.3. The summed E-state index contributed by atoms with van der Waals surface area (Å²) in [6.07, 6.45) is 0. The number of thioether (sulfide) groups is 1. The molecule has 4 aromatic rings. The first-order chi connectivity index (χ1) is 16.6. The zero-order chi connectivity index (χ0) is 23.8. The number of aromatic nitrogens is 3. The van der Waals surface area contributed by atoms with E-state index in [0.717, 1.165) is 16.8 Å². The molecule has 1 heterocycles. The third kappa shape index (κ3) is 6.11. The standard InChI is InChI=1S/C26H25N5O2S/c1-19-9-8-12-21(15-19)25(33)28-17-23-29-30-26(31(23)22-13-6-3-7-14-22)34-18-24(32)27-16-20-10-4-2-5-11-20/h2-15H,16-18H2,1H3,(H,27,32)(H,28,33). The molecule has 0 bridgehead atoms. The van der Waals surface area contributed by atoms with Crippen LogP contribution in [0.2, 0.25) is 0 Å². The molecule has 0 saturated carbocycles. The van der Waals surface area contributed by atoms with Crippen LogP contribution in [0.4, 0.5) is 0 Å². The number of para-hydroxylation sites is 1. The molecule has 7 nitrogen and oxygen atoms in total. The Balaban J connectivity index is 1.44. The zero-order valence-electron chi connectivity index (χ0n) is 18.8. The lowest BCUT2D eigenvalue weighted by Gasteiger charge is -2.11. The van der Waals surface area contributed by atoms with E-state index in [1.807, 2.05) is 90.4 Å². The number of carbonyl (C=O) groups excluding carboxylic acids is 2. The monoisotopic (exact) mass is 471 g/mol. The molecule has 0 radical (unpaired) electrons. The molecule has 0 aliphatic rings. The summed E-state index contributed by atoms with van der Waals surface area (Å²) in [7, 11) is 0. The lowest BCUT2D eigenvalue weighted by atomic mass is 10.1. The highest BCUT2D eigenvalue weighted by Crippen LogP contribution is 2.22. The van der Waals surface area contributed by atoms with Crippen molar-refractivity contribution in [3.05, 3.63) is 107 Å². The number of hydrogen-bond donors (Lipinski definition) is 2. The Morgan fingerprint density at radius 2 is 1.59 bits per heavy atom. The van der Waals surface area contributed by atoms with E-state index in [2.05, 4.69) is 20.8 Å². The third-order valence-electron chi connectivity index (χ3n) is 5.07. The molecule has 2 amide bonds. The number of amides is 2. The average Bonchev–Trinajstić information content (AvgIpc) is 3.28. The largest absolute Gasteiger partial charge is 0.351 e. The number of rotatable bonds is 9. The average molecular weight is 472 g/mol. The number of carbonyl (C=O) groups is 2. The van der Waals surface area contributed by atoms with E-state index in [9.17, 15) is 9.59 Å². The lowest BCUT2D eigenvalue weighted by molar-refractivity contribution is -0.118. The van der Waals surface area contributed by atoms with Crippen molar-refractivity contribution in [2.75, 3.05) is 5.75 Å². The SMILES string of the molecule is Cc1cccc(C(=O)NCc2nnc(SCC(=O)NCc3ccccc3)n2-c2ccccc2)c1. The maximum atomic E-state index is 12.6. The first-order valence-corrected chi connectivity index (χ1v) is 11.9. The van der Waals surface area contributed by atoms with Gasteiger partial charge in [0, 0.05) is 17.8 Å². The molecule has 0 aliphatic heterocycles. The van der Waals surface area contributed by atoms with Crippen molar-refractivity contribution in [2.24, 2.45) is 0 Å². The number of aryl methyl sites for hydroxylation is 1. The maximum Gasteiger partial charge on any atom is 0.251 e. The fourth-order valence-corrected chi connectivity index (χ4v) is 4.17. The topological polar surface area (TPSA) is 88.9 Å². The molecular formula is C26H25N5O2S. The van der Waals surface area contributed by atoms with E-state index in [1.165, 1.54) is 11.8 Å². The van der Waals surface area contributed by atoms with Crippen LogP contribution in [0.5, 0.6) is 0 Å². The van der Waals surface area contributed by atoms with Gasteiger partial charge in [-0.15, -0.1) is 10.2 Å². The molecule has 0 atom stereocenters. The Kier molecular flexibility index (Phi) is 7.72. The molecule has 4 rings (SSSR count). The van der Waals surface area contributed by atoms with Crippen molar-refractivity contribution >= 4 is 23.6 Å². The third-order valence-corrected chi connectivity index (χ3v) is 6.00. The van der Waals surface area contributed by atoms with Crippen LogP contribution in [0, 0.1) is 6.92 Å². The fourth-order valence-electron chi connectivity index (χ4n) is 3.37. The van der Waals surface area contributed by atoms with Crippen molar-refractivity contribution in [1.82, 2.24) is 25.4 Å². The summed E-state index contributed by atoms with van der Waals surface area (Å²) in [5, 5.41) is 15.0. The molecule has 34 heavy (non-hydrogen) atoms. The molecule has 0 saturated heterocycles. The van der Waals surface area contributed by atoms with Gasteiger partial charge in [-0.25, -0.2) is 0 Å². The molecular weight excluding hydrogens is 446 g/mol. The zero-order valence-corrected chi connectivity index (χ0v) is 19.6. The highest BCUT2D eigenvalue weighted by molar-refractivity contribution is 7.99. The second-order valence-corrected chi connectivity index (χ2v) is 8.62. The molecule has 1 aromatic heterocycles. The predicted octanol–water partition coefficient (Wildman–Crippen LogP) is 3.91. The summed E-state index contributed by atoms with van der Waals surface area (Å²) in [5.41, 5.74) is 3.51. The summed E-state index contributed by atoms with van der Waals surface area (Å²) < 4.78 is 1.87.